The van der Waals surface area contributed by atoms with Crippen LogP contribution in [0, 0.1) is 0 Å². The summed E-state index contributed by atoms with van der Waals surface area (Å²) in [6.45, 7) is 7.66. The van der Waals surface area contributed by atoms with Gasteiger partial charge in [0, 0.05) is 6.08 Å². The topological polar surface area (TPSA) is 26.3 Å². The van der Waals surface area contributed by atoms with Crippen LogP contribution >= 0.6 is 0 Å². The van der Waals surface area contributed by atoms with Crippen LogP contribution in [-0.2, 0) is 9.53 Å². The molecule has 2 nitrogen and oxygen atoms in total. The van der Waals surface area contributed by atoms with Crippen molar-refractivity contribution in [3.05, 3.63) is 55.6 Å². The number of rotatable bonds is 8. The fraction of sp³-hybridized carbons (Fsp3) is 0.267. The first-order chi connectivity index (χ1) is 8.76. The first kappa shape index (κ1) is 14.4. The molecule has 3 heteroatoms. The lowest BCUT2D eigenvalue weighted by Crippen LogP contribution is -2.20. The molecule has 18 heavy (non-hydrogen) atoms. The number of hydrogen-bond donors (Lipinski definition) is 0. The molecule has 1 atom stereocenters. The van der Waals surface area contributed by atoms with Gasteiger partial charge in [-0.3, -0.25) is 0 Å². The summed E-state index contributed by atoms with van der Waals surface area (Å²) in [6, 6.07) is 10.5. The number of hydrogen-bond acceptors (Lipinski definition) is 2. The monoisotopic (exact) mass is 260 g/mol. The fourth-order valence-corrected chi connectivity index (χ4v) is 3.86. The second-order valence-corrected chi connectivity index (χ2v) is 6.62. The summed E-state index contributed by atoms with van der Waals surface area (Å²) in [5.74, 6) is -0.339. The van der Waals surface area contributed by atoms with Gasteiger partial charge < -0.3 is 4.74 Å². The molecule has 0 bridgehead atoms. The Bertz CT molecular complexity index is 387. The SMILES string of the molecule is C=CCC(CCOC(=O)C=C)[SiH2]c1ccccc1. The predicted octanol–water partition coefficient (Wildman–Crippen LogP) is 1.96. The van der Waals surface area contributed by atoms with Gasteiger partial charge in [-0.15, -0.1) is 6.58 Å². The number of ether oxygens (including phenoxy) is 1. The molecule has 96 valence electrons. The van der Waals surface area contributed by atoms with Gasteiger partial charge in [-0.1, -0.05) is 48.2 Å². The normalized spacial score (nSPS) is 12.2. The molecular weight excluding hydrogens is 240 g/mol. The summed E-state index contributed by atoms with van der Waals surface area (Å²) in [5, 5.41) is 1.44. The van der Waals surface area contributed by atoms with Crippen molar-refractivity contribution in [3.63, 3.8) is 0 Å². The van der Waals surface area contributed by atoms with Crippen LogP contribution in [0.2, 0.25) is 5.54 Å². The highest BCUT2D eigenvalue weighted by molar-refractivity contribution is 6.55. The maximum absolute atomic E-state index is 11.0. The van der Waals surface area contributed by atoms with Gasteiger partial charge in [-0.25, -0.2) is 4.79 Å². The number of carbonyl (C=O) groups excluding carboxylic acids is 1. The summed E-state index contributed by atoms with van der Waals surface area (Å²) < 4.78 is 5.04. The Morgan fingerprint density at radius 3 is 2.67 bits per heavy atom. The lowest BCUT2D eigenvalue weighted by atomic mass is 10.2. The zero-order valence-corrected chi connectivity index (χ0v) is 12.1. The van der Waals surface area contributed by atoms with Crippen LogP contribution in [0.15, 0.2) is 55.6 Å². The molecule has 0 amide bonds. The van der Waals surface area contributed by atoms with Crippen LogP contribution in [0.4, 0.5) is 0 Å². The number of benzene rings is 1. The predicted molar refractivity (Wildman–Crippen MR) is 79.0 cm³/mol. The third kappa shape index (κ3) is 5.64. The summed E-state index contributed by atoms with van der Waals surface area (Å²) in [7, 11) is -0.348. The largest absolute Gasteiger partial charge is 0.463 e. The Labute approximate surface area is 111 Å². The zero-order chi connectivity index (χ0) is 13.2. The van der Waals surface area contributed by atoms with Gasteiger partial charge in [0.25, 0.3) is 0 Å². The molecule has 1 rings (SSSR count). The third-order valence-electron chi connectivity index (χ3n) is 2.80. The number of esters is 1. The summed E-state index contributed by atoms with van der Waals surface area (Å²) in [5.41, 5.74) is 0.600. The van der Waals surface area contributed by atoms with E-state index >= 15 is 0 Å². The van der Waals surface area contributed by atoms with E-state index in [2.05, 4.69) is 37.4 Å². The number of carbonyl (C=O) groups is 1. The second kappa shape index (κ2) is 8.47. The minimum Gasteiger partial charge on any atom is -0.463 e. The molecule has 0 aliphatic rings. The molecule has 1 unspecified atom stereocenters. The zero-order valence-electron chi connectivity index (χ0n) is 10.7. The molecular formula is C15H20O2Si. The molecule has 1 aromatic carbocycles. The lowest BCUT2D eigenvalue weighted by molar-refractivity contribution is -0.137. The van der Waals surface area contributed by atoms with E-state index in [9.17, 15) is 4.79 Å². The van der Waals surface area contributed by atoms with E-state index < -0.39 is 0 Å². The van der Waals surface area contributed by atoms with Gasteiger partial charge in [-0.05, 0) is 18.4 Å². The van der Waals surface area contributed by atoms with Crippen LogP contribution in [0.5, 0.6) is 0 Å². The van der Waals surface area contributed by atoms with Crippen molar-refractivity contribution in [3.8, 4) is 0 Å². The number of allylic oxidation sites excluding steroid dienone is 1. The van der Waals surface area contributed by atoms with Crippen molar-refractivity contribution in [1.29, 1.82) is 0 Å². The summed E-state index contributed by atoms with van der Waals surface area (Å²) >= 11 is 0. The minimum atomic E-state index is -0.348. The van der Waals surface area contributed by atoms with Crippen molar-refractivity contribution in [2.75, 3.05) is 6.61 Å². The van der Waals surface area contributed by atoms with Crippen molar-refractivity contribution >= 4 is 20.7 Å². The molecule has 0 heterocycles. The first-order valence-corrected chi connectivity index (χ1v) is 7.72. The van der Waals surface area contributed by atoms with Gasteiger partial charge in [0.15, 0.2) is 0 Å². The quantitative estimate of drug-likeness (QED) is 0.309. The summed E-state index contributed by atoms with van der Waals surface area (Å²) in [4.78, 5) is 11.0. The van der Waals surface area contributed by atoms with Crippen LogP contribution in [-0.4, -0.2) is 22.1 Å². The van der Waals surface area contributed by atoms with Gasteiger partial charge in [-0.2, -0.15) is 0 Å². The van der Waals surface area contributed by atoms with E-state index in [4.69, 9.17) is 4.74 Å². The molecule has 0 saturated heterocycles. The van der Waals surface area contributed by atoms with E-state index in [1.54, 1.807) is 0 Å². The highest BCUT2D eigenvalue weighted by Gasteiger charge is 2.09. The molecule has 0 fully saturated rings. The molecule has 0 aromatic heterocycles. The van der Waals surface area contributed by atoms with Gasteiger partial charge in [0.1, 0.15) is 0 Å². The van der Waals surface area contributed by atoms with E-state index in [0.717, 1.165) is 12.8 Å². The molecule has 0 radical (unpaired) electrons. The van der Waals surface area contributed by atoms with Gasteiger partial charge >= 0.3 is 5.97 Å². The second-order valence-electron chi connectivity index (χ2n) is 4.24. The van der Waals surface area contributed by atoms with E-state index in [0.29, 0.717) is 12.1 Å². The van der Waals surface area contributed by atoms with Crippen molar-refractivity contribution < 1.29 is 9.53 Å². The average Bonchev–Trinajstić information content (AvgIpc) is 2.40. The Hall–Kier alpha value is -1.61. The van der Waals surface area contributed by atoms with E-state index in [-0.39, 0.29) is 15.5 Å². The van der Waals surface area contributed by atoms with Crippen molar-refractivity contribution in [2.24, 2.45) is 0 Å². The molecule has 0 saturated carbocycles. The molecule has 0 N–H and O–H groups in total. The Morgan fingerprint density at radius 2 is 2.06 bits per heavy atom. The molecule has 0 aliphatic carbocycles. The van der Waals surface area contributed by atoms with Crippen LogP contribution in [0.25, 0.3) is 0 Å². The first-order valence-electron chi connectivity index (χ1n) is 6.20. The highest BCUT2D eigenvalue weighted by Crippen LogP contribution is 2.15. The maximum atomic E-state index is 11.0. The van der Waals surface area contributed by atoms with E-state index in [1.807, 2.05) is 12.1 Å². The highest BCUT2D eigenvalue weighted by atomic mass is 28.2. The van der Waals surface area contributed by atoms with Crippen LogP contribution < -0.4 is 5.19 Å². The Kier molecular flexibility index (Phi) is 6.80. The van der Waals surface area contributed by atoms with Crippen LogP contribution in [0.3, 0.4) is 0 Å². The Balaban J connectivity index is 2.42. The maximum Gasteiger partial charge on any atom is 0.330 e. The van der Waals surface area contributed by atoms with Crippen molar-refractivity contribution in [1.82, 2.24) is 0 Å². The Morgan fingerprint density at radius 1 is 1.33 bits per heavy atom. The standard InChI is InChI=1S/C15H20O2Si/c1-3-8-13(11-12-17-15(16)4-2)18-14-9-6-5-7-10-14/h3-7,9-10,13H,1-2,8,11-12,18H2. The average molecular weight is 260 g/mol. The lowest BCUT2D eigenvalue weighted by Gasteiger charge is -2.14. The smallest absolute Gasteiger partial charge is 0.330 e. The molecule has 0 aliphatic heterocycles. The summed E-state index contributed by atoms with van der Waals surface area (Å²) in [6.07, 6.45) is 5.06. The van der Waals surface area contributed by atoms with Crippen LogP contribution in [0.1, 0.15) is 12.8 Å². The molecule has 1 aromatic rings. The van der Waals surface area contributed by atoms with E-state index in [1.165, 1.54) is 11.3 Å². The fourth-order valence-electron chi connectivity index (χ4n) is 1.87. The van der Waals surface area contributed by atoms with Gasteiger partial charge in [0.05, 0.1) is 16.1 Å². The van der Waals surface area contributed by atoms with Crippen molar-refractivity contribution in [2.45, 2.75) is 18.4 Å². The molecule has 0 spiro atoms. The third-order valence-corrected chi connectivity index (χ3v) is 5.07. The van der Waals surface area contributed by atoms with Gasteiger partial charge in [0.2, 0.25) is 0 Å². The minimum absolute atomic E-state index is 0.339.